The van der Waals surface area contributed by atoms with Crippen LogP contribution in [-0.2, 0) is 28.7 Å². The molecule has 0 saturated carbocycles. The van der Waals surface area contributed by atoms with Gasteiger partial charge in [0.15, 0.2) is 0 Å². The lowest BCUT2D eigenvalue weighted by atomic mass is 10.0. The molecule has 8 nitrogen and oxygen atoms in total. The summed E-state index contributed by atoms with van der Waals surface area (Å²) in [6, 6.07) is 0. The van der Waals surface area contributed by atoms with Crippen LogP contribution in [0.4, 0.5) is 0 Å². The van der Waals surface area contributed by atoms with Crippen LogP contribution in [0, 0.1) is 0 Å². The molecule has 0 aromatic rings. The number of hydrogen-bond acceptors (Lipinski definition) is 6. The maximum Gasteiger partial charge on any atom is 0.347 e. The van der Waals surface area contributed by atoms with Gasteiger partial charge in [-0.2, -0.15) is 0 Å². The molecular weight excluding hydrogens is 344 g/mol. The Bertz CT molecular complexity index is 535. The van der Waals surface area contributed by atoms with Crippen molar-refractivity contribution in [2.75, 3.05) is 6.61 Å². The fourth-order valence-corrected chi connectivity index (χ4v) is 1.33. The third-order valence-corrected chi connectivity index (χ3v) is 3.12. The van der Waals surface area contributed by atoms with E-state index in [1.807, 2.05) is 0 Å². The molecule has 2 N–H and O–H groups in total. The highest BCUT2D eigenvalue weighted by atomic mass is 16.6. The van der Waals surface area contributed by atoms with Crippen molar-refractivity contribution < 1.29 is 38.9 Å². The summed E-state index contributed by atoms with van der Waals surface area (Å²) in [5.74, 6) is -3.01. The van der Waals surface area contributed by atoms with E-state index in [0.29, 0.717) is 18.4 Å². The van der Waals surface area contributed by atoms with Crippen LogP contribution in [0.25, 0.3) is 0 Å². The van der Waals surface area contributed by atoms with Crippen LogP contribution in [0.5, 0.6) is 0 Å². The third kappa shape index (κ3) is 12.7. The largest absolute Gasteiger partial charge is 0.481 e. The zero-order valence-electron chi connectivity index (χ0n) is 15.7. The van der Waals surface area contributed by atoms with E-state index in [1.165, 1.54) is 19.1 Å². The van der Waals surface area contributed by atoms with Crippen molar-refractivity contribution in [2.24, 2.45) is 0 Å². The van der Waals surface area contributed by atoms with Crippen LogP contribution >= 0.6 is 0 Å². The van der Waals surface area contributed by atoms with Crippen molar-refractivity contribution in [1.29, 1.82) is 0 Å². The summed E-state index contributed by atoms with van der Waals surface area (Å²) in [7, 11) is 0. The quantitative estimate of drug-likeness (QED) is 0.340. The molecule has 0 saturated heterocycles. The van der Waals surface area contributed by atoms with Crippen LogP contribution in [0.2, 0.25) is 0 Å². The van der Waals surface area contributed by atoms with E-state index < -0.39 is 29.5 Å². The fourth-order valence-electron chi connectivity index (χ4n) is 1.33. The maximum atomic E-state index is 10.9. The van der Waals surface area contributed by atoms with E-state index in [-0.39, 0.29) is 19.4 Å². The topological polar surface area (TPSA) is 127 Å². The first kappa shape index (κ1) is 25.6. The monoisotopic (exact) mass is 372 g/mol. The predicted molar refractivity (Wildman–Crippen MR) is 94.5 cm³/mol. The molecule has 1 atom stereocenters. The Hall–Kier alpha value is -2.64. The molecule has 0 aromatic heterocycles. The van der Waals surface area contributed by atoms with E-state index >= 15 is 0 Å². The number of carbonyl (C=O) groups excluding carboxylic acids is 2. The molecule has 0 fully saturated rings. The molecule has 148 valence electrons. The highest BCUT2D eigenvalue weighted by Gasteiger charge is 2.34. The van der Waals surface area contributed by atoms with Gasteiger partial charge in [0.25, 0.3) is 0 Å². The summed E-state index contributed by atoms with van der Waals surface area (Å²) in [4.78, 5) is 42.5. The second-order valence-electron chi connectivity index (χ2n) is 5.58. The number of allylic oxidation sites excluding steroid dienone is 1. The van der Waals surface area contributed by atoms with Gasteiger partial charge in [-0.1, -0.05) is 19.6 Å². The summed E-state index contributed by atoms with van der Waals surface area (Å²) in [5, 5.41) is 17.0. The molecule has 0 amide bonds. The minimum absolute atomic E-state index is 0.116. The highest BCUT2D eigenvalue weighted by molar-refractivity contribution is 5.87. The summed E-state index contributed by atoms with van der Waals surface area (Å²) >= 11 is 0. The molecule has 0 aliphatic rings. The first-order valence-corrected chi connectivity index (χ1v) is 8.13. The van der Waals surface area contributed by atoms with Gasteiger partial charge in [0.2, 0.25) is 5.60 Å². The Labute approximate surface area is 153 Å². The van der Waals surface area contributed by atoms with Crippen molar-refractivity contribution in [1.82, 2.24) is 0 Å². The Morgan fingerprint density at radius 3 is 2.12 bits per heavy atom. The minimum atomic E-state index is -1.42. The van der Waals surface area contributed by atoms with Crippen LogP contribution in [0.1, 0.15) is 53.4 Å². The summed E-state index contributed by atoms with van der Waals surface area (Å²) in [5.41, 5.74) is -1.06. The standard InChI is InChI=1S/2C9H14O4/c1-7(2)9(12)13-6-4-3-5-8(10)11;1-4-6-7(10)13-9(3,5-2)8(11)12/h1,3-6H2,2H3,(H,10,11);4,6H,5H2,1-3H3,(H,11,12). The Morgan fingerprint density at radius 2 is 1.73 bits per heavy atom. The Morgan fingerprint density at radius 1 is 1.15 bits per heavy atom. The molecular formula is C18H28O8. The van der Waals surface area contributed by atoms with Crippen molar-refractivity contribution in [2.45, 2.75) is 59.0 Å². The molecule has 0 rings (SSSR count). The van der Waals surface area contributed by atoms with Crippen LogP contribution in [0.3, 0.4) is 0 Å². The van der Waals surface area contributed by atoms with Gasteiger partial charge >= 0.3 is 23.9 Å². The van der Waals surface area contributed by atoms with E-state index in [2.05, 4.69) is 6.58 Å². The van der Waals surface area contributed by atoms with Crippen molar-refractivity contribution >= 4 is 23.9 Å². The second-order valence-corrected chi connectivity index (χ2v) is 5.58. The van der Waals surface area contributed by atoms with Gasteiger partial charge < -0.3 is 19.7 Å². The normalized spacial score (nSPS) is 12.3. The van der Waals surface area contributed by atoms with Crippen molar-refractivity contribution in [3.05, 3.63) is 24.3 Å². The zero-order valence-corrected chi connectivity index (χ0v) is 15.7. The molecule has 0 heterocycles. The summed E-state index contributed by atoms with van der Waals surface area (Å²) in [6.07, 6.45) is 4.15. The molecule has 0 aliphatic carbocycles. The fraction of sp³-hybridized carbons (Fsp3) is 0.556. The molecule has 0 spiro atoms. The number of aliphatic carboxylic acids is 2. The van der Waals surface area contributed by atoms with E-state index in [1.54, 1.807) is 20.8 Å². The number of carboxylic acid groups (broad SMARTS) is 2. The van der Waals surface area contributed by atoms with Crippen molar-refractivity contribution in [3.63, 3.8) is 0 Å². The number of unbranched alkanes of at least 4 members (excludes halogenated alkanes) is 1. The maximum absolute atomic E-state index is 10.9. The first-order chi connectivity index (χ1) is 12.0. The summed E-state index contributed by atoms with van der Waals surface area (Å²) < 4.78 is 9.52. The SMILES string of the molecule is C=C(C)C(=O)OCCCCC(=O)O.CC=CC(=O)OC(C)(CC)C(=O)O. The number of rotatable bonds is 10. The minimum Gasteiger partial charge on any atom is -0.481 e. The Kier molecular flexibility index (Phi) is 13.4. The van der Waals surface area contributed by atoms with Gasteiger partial charge in [0.05, 0.1) is 6.61 Å². The number of esters is 2. The highest BCUT2D eigenvalue weighted by Crippen LogP contribution is 2.15. The lowest BCUT2D eigenvalue weighted by Gasteiger charge is -2.22. The number of carboxylic acids is 2. The number of carbonyl (C=O) groups is 4. The van der Waals surface area contributed by atoms with Crippen LogP contribution in [-0.4, -0.2) is 46.3 Å². The molecule has 26 heavy (non-hydrogen) atoms. The third-order valence-electron chi connectivity index (χ3n) is 3.12. The average molecular weight is 372 g/mol. The van der Waals surface area contributed by atoms with Gasteiger partial charge in [-0.05, 0) is 40.0 Å². The lowest BCUT2D eigenvalue weighted by Crippen LogP contribution is -2.39. The molecule has 1 unspecified atom stereocenters. The van der Waals surface area contributed by atoms with Gasteiger partial charge in [0.1, 0.15) is 0 Å². The molecule has 8 heteroatoms. The first-order valence-electron chi connectivity index (χ1n) is 8.13. The van der Waals surface area contributed by atoms with Gasteiger partial charge in [0, 0.05) is 18.1 Å². The number of ether oxygens (including phenoxy) is 2. The second kappa shape index (κ2) is 13.6. The molecule has 0 aromatic carbocycles. The van der Waals surface area contributed by atoms with Crippen molar-refractivity contribution in [3.8, 4) is 0 Å². The van der Waals surface area contributed by atoms with Gasteiger partial charge in [-0.3, -0.25) is 4.79 Å². The average Bonchev–Trinajstić information content (AvgIpc) is 2.54. The van der Waals surface area contributed by atoms with E-state index in [4.69, 9.17) is 19.7 Å². The van der Waals surface area contributed by atoms with Crippen LogP contribution in [0.15, 0.2) is 24.3 Å². The number of hydrogen-bond donors (Lipinski definition) is 2. The zero-order chi connectivity index (χ0) is 20.8. The van der Waals surface area contributed by atoms with E-state index in [0.717, 1.165) is 0 Å². The molecule has 0 aliphatic heterocycles. The predicted octanol–water partition coefficient (Wildman–Crippen LogP) is 2.72. The van der Waals surface area contributed by atoms with Gasteiger partial charge in [-0.25, -0.2) is 14.4 Å². The molecule has 0 radical (unpaired) electrons. The van der Waals surface area contributed by atoms with Crippen LogP contribution < -0.4 is 0 Å². The van der Waals surface area contributed by atoms with E-state index in [9.17, 15) is 19.2 Å². The summed E-state index contributed by atoms with van der Waals surface area (Å²) in [6.45, 7) is 9.93. The Balaban J connectivity index is 0. The molecule has 0 bridgehead atoms. The van der Waals surface area contributed by atoms with Gasteiger partial charge in [-0.15, -0.1) is 0 Å². The lowest BCUT2D eigenvalue weighted by molar-refractivity contribution is -0.173. The smallest absolute Gasteiger partial charge is 0.347 e.